The van der Waals surface area contributed by atoms with Crippen molar-refractivity contribution in [2.45, 2.75) is 33.3 Å². The van der Waals surface area contributed by atoms with E-state index in [1.165, 1.54) is 6.20 Å². The van der Waals surface area contributed by atoms with Crippen LogP contribution in [0.25, 0.3) is 0 Å². The zero-order valence-corrected chi connectivity index (χ0v) is 11.3. The van der Waals surface area contributed by atoms with Gasteiger partial charge in [-0.3, -0.25) is 0 Å². The van der Waals surface area contributed by atoms with E-state index in [-0.39, 0.29) is 5.69 Å². The molecule has 1 aromatic rings. The van der Waals surface area contributed by atoms with Gasteiger partial charge >= 0.3 is 5.97 Å². The molecule has 1 rings (SSSR count). The van der Waals surface area contributed by atoms with Gasteiger partial charge in [-0.2, -0.15) is 0 Å². The predicted molar refractivity (Wildman–Crippen MR) is 64.7 cm³/mol. The number of carbonyl (C=O) groups is 1. The third-order valence-electron chi connectivity index (χ3n) is 1.49. The van der Waals surface area contributed by atoms with Crippen LogP contribution in [0.1, 0.15) is 37.0 Å². The maximum absolute atomic E-state index is 11.6. The highest BCUT2D eigenvalue weighted by Gasteiger charge is 2.19. The molecule has 1 aromatic heterocycles. The molecule has 5 heteroatoms. The average Bonchev–Trinajstić information content (AvgIpc) is 2.06. The number of nitrogens with zero attached hydrogens (tertiary/aromatic N) is 2. The van der Waals surface area contributed by atoms with Gasteiger partial charge in [0.15, 0.2) is 5.69 Å². The van der Waals surface area contributed by atoms with Crippen LogP contribution in [0, 0.1) is 10.6 Å². The van der Waals surface area contributed by atoms with Gasteiger partial charge in [0.1, 0.15) is 9.30 Å². The second kappa shape index (κ2) is 4.42. The molecule has 0 aliphatic heterocycles. The lowest BCUT2D eigenvalue weighted by Gasteiger charge is -2.19. The van der Waals surface area contributed by atoms with E-state index in [0.717, 1.165) is 9.39 Å². The van der Waals surface area contributed by atoms with E-state index >= 15 is 0 Å². The standard InChI is InChI=1S/C10H13IN2O2/c1-6-8(11)12-5-7(13-6)9(14)15-10(2,3)4/h5H,1-4H3. The SMILES string of the molecule is Cc1nc(C(=O)OC(C)(C)C)cnc1I. The fourth-order valence-corrected chi connectivity index (χ4v) is 1.16. The smallest absolute Gasteiger partial charge is 0.359 e. The predicted octanol–water partition coefficient (Wildman–Crippen LogP) is 2.34. The largest absolute Gasteiger partial charge is 0.455 e. The Morgan fingerprint density at radius 1 is 1.47 bits per heavy atom. The number of rotatable bonds is 1. The third-order valence-corrected chi connectivity index (χ3v) is 2.55. The first kappa shape index (κ1) is 12.4. The number of hydrogen-bond acceptors (Lipinski definition) is 4. The molecule has 4 nitrogen and oxygen atoms in total. The molecule has 0 unspecified atom stereocenters. The Hall–Kier alpha value is -0.720. The molecular weight excluding hydrogens is 307 g/mol. The van der Waals surface area contributed by atoms with Crippen LogP contribution in [0.15, 0.2) is 6.20 Å². The van der Waals surface area contributed by atoms with E-state index in [0.29, 0.717) is 0 Å². The minimum Gasteiger partial charge on any atom is -0.455 e. The number of hydrogen-bond donors (Lipinski definition) is 0. The fourth-order valence-electron chi connectivity index (χ4n) is 0.896. The monoisotopic (exact) mass is 320 g/mol. The summed E-state index contributed by atoms with van der Waals surface area (Å²) in [4.78, 5) is 19.8. The lowest BCUT2D eigenvalue weighted by Crippen LogP contribution is -2.24. The Balaban J connectivity index is 2.88. The second-order valence-electron chi connectivity index (χ2n) is 4.13. The summed E-state index contributed by atoms with van der Waals surface area (Å²) in [6, 6.07) is 0. The van der Waals surface area contributed by atoms with Crippen molar-refractivity contribution >= 4 is 28.6 Å². The number of ether oxygens (including phenoxy) is 1. The van der Waals surface area contributed by atoms with Gasteiger partial charge in [-0.05, 0) is 50.3 Å². The highest BCUT2D eigenvalue weighted by molar-refractivity contribution is 14.1. The molecule has 0 amide bonds. The molecule has 0 atom stereocenters. The van der Waals surface area contributed by atoms with Gasteiger partial charge in [0.2, 0.25) is 0 Å². The summed E-state index contributed by atoms with van der Waals surface area (Å²) in [6.45, 7) is 7.26. The first-order valence-electron chi connectivity index (χ1n) is 4.52. The molecule has 0 saturated heterocycles. The highest BCUT2D eigenvalue weighted by atomic mass is 127. The molecule has 0 aliphatic carbocycles. The van der Waals surface area contributed by atoms with Crippen molar-refractivity contribution in [1.82, 2.24) is 9.97 Å². The molecule has 0 radical (unpaired) electrons. The van der Waals surface area contributed by atoms with Gasteiger partial charge in [0.05, 0.1) is 11.9 Å². The molecule has 0 aromatic carbocycles. The summed E-state index contributed by atoms with van der Waals surface area (Å²) in [5.74, 6) is -0.436. The summed E-state index contributed by atoms with van der Waals surface area (Å²) in [6.07, 6.45) is 1.43. The van der Waals surface area contributed by atoms with E-state index in [1.54, 1.807) is 0 Å². The molecule has 15 heavy (non-hydrogen) atoms. The van der Waals surface area contributed by atoms with E-state index in [4.69, 9.17) is 4.74 Å². The van der Waals surface area contributed by atoms with Crippen molar-refractivity contribution in [3.63, 3.8) is 0 Å². The summed E-state index contributed by atoms with van der Waals surface area (Å²) < 4.78 is 5.97. The zero-order chi connectivity index (χ0) is 11.6. The zero-order valence-electron chi connectivity index (χ0n) is 9.17. The fraction of sp³-hybridized carbons (Fsp3) is 0.500. The third kappa shape index (κ3) is 3.73. The van der Waals surface area contributed by atoms with Crippen LogP contribution in [0.3, 0.4) is 0 Å². The van der Waals surface area contributed by atoms with Gasteiger partial charge in [-0.15, -0.1) is 0 Å². The number of aromatic nitrogens is 2. The van der Waals surface area contributed by atoms with Crippen LogP contribution in [0.5, 0.6) is 0 Å². The van der Waals surface area contributed by atoms with Crippen LogP contribution >= 0.6 is 22.6 Å². The van der Waals surface area contributed by atoms with Crippen molar-refractivity contribution in [1.29, 1.82) is 0 Å². The molecule has 1 heterocycles. The van der Waals surface area contributed by atoms with E-state index in [2.05, 4.69) is 32.6 Å². The van der Waals surface area contributed by atoms with Crippen molar-refractivity contribution in [2.75, 3.05) is 0 Å². The van der Waals surface area contributed by atoms with Gasteiger partial charge in [-0.25, -0.2) is 14.8 Å². The summed E-state index contributed by atoms with van der Waals surface area (Å²) >= 11 is 2.07. The van der Waals surface area contributed by atoms with Crippen molar-refractivity contribution in [3.05, 3.63) is 21.3 Å². The quantitative estimate of drug-likeness (QED) is 0.589. The summed E-state index contributed by atoms with van der Waals surface area (Å²) in [7, 11) is 0. The van der Waals surface area contributed by atoms with Gasteiger partial charge < -0.3 is 4.74 Å². The maximum atomic E-state index is 11.6. The van der Waals surface area contributed by atoms with Gasteiger partial charge in [0, 0.05) is 0 Å². The average molecular weight is 320 g/mol. The lowest BCUT2D eigenvalue weighted by molar-refractivity contribution is 0.00620. The minimum absolute atomic E-state index is 0.253. The Bertz CT molecular complexity index is 385. The number of esters is 1. The molecule has 0 saturated carbocycles. The maximum Gasteiger partial charge on any atom is 0.359 e. The number of carbonyl (C=O) groups excluding carboxylic acids is 1. The first-order valence-corrected chi connectivity index (χ1v) is 5.60. The Labute approximate surface area is 103 Å². The Morgan fingerprint density at radius 2 is 2.07 bits per heavy atom. The molecule has 0 spiro atoms. The highest BCUT2D eigenvalue weighted by Crippen LogP contribution is 2.12. The molecular formula is C10H13IN2O2. The topological polar surface area (TPSA) is 52.1 Å². The van der Waals surface area contributed by atoms with Crippen molar-refractivity contribution < 1.29 is 9.53 Å². The summed E-state index contributed by atoms with van der Waals surface area (Å²) in [5.41, 5.74) is 0.483. The normalized spacial score (nSPS) is 11.3. The van der Waals surface area contributed by atoms with Crippen molar-refractivity contribution in [3.8, 4) is 0 Å². The Morgan fingerprint density at radius 3 is 2.53 bits per heavy atom. The molecule has 0 aliphatic rings. The van der Waals surface area contributed by atoms with E-state index in [1.807, 2.05) is 27.7 Å². The van der Waals surface area contributed by atoms with Crippen LogP contribution in [-0.4, -0.2) is 21.5 Å². The van der Waals surface area contributed by atoms with E-state index < -0.39 is 11.6 Å². The molecule has 0 bridgehead atoms. The molecule has 0 N–H and O–H groups in total. The van der Waals surface area contributed by atoms with Gasteiger partial charge in [0.25, 0.3) is 0 Å². The molecule has 0 fully saturated rings. The summed E-state index contributed by atoms with van der Waals surface area (Å²) in [5, 5.41) is 0. The second-order valence-corrected chi connectivity index (χ2v) is 5.16. The van der Waals surface area contributed by atoms with Crippen LogP contribution < -0.4 is 0 Å². The first-order chi connectivity index (χ1) is 6.79. The minimum atomic E-state index is -0.504. The van der Waals surface area contributed by atoms with Gasteiger partial charge in [-0.1, -0.05) is 0 Å². The van der Waals surface area contributed by atoms with E-state index in [9.17, 15) is 4.79 Å². The number of aryl methyl sites for hydroxylation is 1. The Kier molecular flexibility index (Phi) is 3.64. The number of halogens is 1. The van der Waals surface area contributed by atoms with Crippen molar-refractivity contribution in [2.24, 2.45) is 0 Å². The van der Waals surface area contributed by atoms with Crippen LogP contribution in [-0.2, 0) is 4.74 Å². The van der Waals surface area contributed by atoms with Crippen LogP contribution in [0.2, 0.25) is 0 Å². The lowest BCUT2D eigenvalue weighted by atomic mass is 10.2. The molecule has 82 valence electrons. The van der Waals surface area contributed by atoms with Crippen LogP contribution in [0.4, 0.5) is 0 Å².